The summed E-state index contributed by atoms with van der Waals surface area (Å²) in [5.41, 5.74) is 0.704. The average molecular weight is 420 g/mol. The molecule has 0 saturated heterocycles. The van der Waals surface area contributed by atoms with Crippen LogP contribution in [0.25, 0.3) is 11.4 Å². The van der Waals surface area contributed by atoms with E-state index < -0.39 is 0 Å². The second-order valence-corrected chi connectivity index (χ2v) is 8.39. The van der Waals surface area contributed by atoms with Crippen LogP contribution < -0.4 is 15.3 Å². The van der Waals surface area contributed by atoms with Gasteiger partial charge < -0.3 is 20.2 Å². The van der Waals surface area contributed by atoms with Crippen LogP contribution in [0.5, 0.6) is 11.5 Å². The number of aromatic nitrogens is 3. The molecule has 1 aliphatic carbocycles. The first-order valence-corrected chi connectivity index (χ1v) is 10.7. The van der Waals surface area contributed by atoms with Gasteiger partial charge in [-0.3, -0.25) is 4.79 Å². The van der Waals surface area contributed by atoms with Gasteiger partial charge >= 0.3 is 0 Å². The maximum Gasteiger partial charge on any atom is 0.233 e. The fourth-order valence-electron chi connectivity index (χ4n) is 3.60. The molecule has 0 spiro atoms. The summed E-state index contributed by atoms with van der Waals surface area (Å²) in [6.07, 6.45) is 4.50. The summed E-state index contributed by atoms with van der Waals surface area (Å²) >= 11 is 1.29. The molecule has 9 heteroatoms. The lowest BCUT2D eigenvalue weighted by Crippen LogP contribution is -2.40. The minimum absolute atomic E-state index is 0.0844. The summed E-state index contributed by atoms with van der Waals surface area (Å²) in [7, 11) is 5.06. The van der Waals surface area contributed by atoms with Gasteiger partial charge in [-0.2, -0.15) is 0 Å². The third-order valence-electron chi connectivity index (χ3n) is 5.57. The van der Waals surface area contributed by atoms with Crippen molar-refractivity contribution in [3.8, 4) is 22.9 Å². The Hall–Kier alpha value is -2.42. The summed E-state index contributed by atoms with van der Waals surface area (Å²) in [6.45, 7) is 2.28. The molecule has 0 aliphatic heterocycles. The normalized spacial score (nSPS) is 19.0. The fraction of sp³-hybridized carbons (Fsp3) is 0.550. The Bertz CT molecular complexity index is 849. The Morgan fingerprint density at radius 3 is 2.62 bits per heavy atom. The first kappa shape index (κ1) is 21.3. The van der Waals surface area contributed by atoms with Crippen molar-refractivity contribution in [3.63, 3.8) is 0 Å². The molecule has 0 radical (unpaired) electrons. The molecule has 1 aromatic carbocycles. The number of nitrogens with zero attached hydrogens (tertiary/aromatic N) is 4. The van der Waals surface area contributed by atoms with Crippen LogP contribution >= 0.6 is 11.8 Å². The van der Waals surface area contributed by atoms with Gasteiger partial charge in [0.1, 0.15) is 11.5 Å². The van der Waals surface area contributed by atoms with Crippen LogP contribution in [0.1, 0.15) is 32.6 Å². The van der Waals surface area contributed by atoms with Crippen LogP contribution in [0, 0.1) is 5.92 Å². The smallest absolute Gasteiger partial charge is 0.233 e. The first-order chi connectivity index (χ1) is 13.9. The van der Waals surface area contributed by atoms with E-state index in [0.29, 0.717) is 34.1 Å². The lowest BCUT2D eigenvalue weighted by molar-refractivity contribution is -0.129. The van der Waals surface area contributed by atoms with E-state index in [4.69, 9.17) is 15.3 Å². The van der Waals surface area contributed by atoms with Gasteiger partial charge in [0.25, 0.3) is 0 Å². The molecule has 0 atom stereocenters. The molecule has 8 nitrogen and oxygen atoms in total. The van der Waals surface area contributed by atoms with E-state index in [0.717, 1.165) is 18.8 Å². The zero-order chi connectivity index (χ0) is 21.0. The molecular formula is C20H29N5O3S. The number of nitrogen functional groups attached to an aromatic ring is 1. The van der Waals surface area contributed by atoms with Crippen LogP contribution in [-0.4, -0.2) is 58.7 Å². The molecule has 0 unspecified atom stereocenters. The topological polar surface area (TPSA) is 95.5 Å². The Morgan fingerprint density at radius 1 is 1.24 bits per heavy atom. The molecule has 29 heavy (non-hydrogen) atoms. The Kier molecular flexibility index (Phi) is 6.89. The number of hydrogen-bond acceptors (Lipinski definition) is 7. The zero-order valence-electron chi connectivity index (χ0n) is 17.4. The van der Waals surface area contributed by atoms with Crippen molar-refractivity contribution in [2.24, 2.45) is 5.92 Å². The van der Waals surface area contributed by atoms with Gasteiger partial charge in [-0.1, -0.05) is 18.7 Å². The third kappa shape index (κ3) is 4.77. The highest BCUT2D eigenvalue weighted by molar-refractivity contribution is 7.99. The van der Waals surface area contributed by atoms with Crippen molar-refractivity contribution in [1.29, 1.82) is 0 Å². The number of ether oxygens (including phenoxy) is 2. The number of hydrogen-bond donors (Lipinski definition) is 1. The first-order valence-electron chi connectivity index (χ1n) is 9.76. The van der Waals surface area contributed by atoms with Crippen LogP contribution in [0.2, 0.25) is 0 Å². The molecule has 158 valence electrons. The number of nitrogens with two attached hydrogens (primary N) is 1. The highest BCUT2D eigenvalue weighted by Crippen LogP contribution is 2.33. The van der Waals surface area contributed by atoms with Gasteiger partial charge in [0.05, 0.1) is 25.5 Å². The van der Waals surface area contributed by atoms with Gasteiger partial charge in [-0.15, -0.1) is 10.2 Å². The standard InChI is InChI=1S/C20H29N5O3S/c1-13-5-7-14(8-6-13)24(2)18(26)12-29-20-23-22-19(25(20)21)16-10-9-15(27-3)11-17(16)28-4/h9-11,13-14H,5-8,12,21H2,1-4H3. The monoisotopic (exact) mass is 419 g/mol. The van der Waals surface area contributed by atoms with Gasteiger partial charge in [-0.25, -0.2) is 4.68 Å². The predicted molar refractivity (Wildman–Crippen MR) is 114 cm³/mol. The van der Waals surface area contributed by atoms with E-state index in [-0.39, 0.29) is 11.7 Å². The van der Waals surface area contributed by atoms with Gasteiger partial charge in [0.2, 0.25) is 11.1 Å². The van der Waals surface area contributed by atoms with Crippen molar-refractivity contribution in [2.45, 2.75) is 43.8 Å². The van der Waals surface area contributed by atoms with E-state index >= 15 is 0 Å². The number of amides is 1. The van der Waals surface area contributed by atoms with Crippen LogP contribution in [-0.2, 0) is 4.79 Å². The summed E-state index contributed by atoms with van der Waals surface area (Å²) < 4.78 is 12.0. The molecule has 2 aromatic rings. The molecule has 1 aliphatic rings. The highest BCUT2D eigenvalue weighted by atomic mass is 32.2. The Morgan fingerprint density at radius 2 is 1.97 bits per heavy atom. The lowest BCUT2D eigenvalue weighted by atomic mass is 9.87. The van der Waals surface area contributed by atoms with E-state index in [1.165, 1.54) is 29.3 Å². The second-order valence-electron chi connectivity index (χ2n) is 7.45. The number of carbonyl (C=O) groups excluding carboxylic acids is 1. The van der Waals surface area contributed by atoms with Crippen molar-refractivity contribution >= 4 is 17.7 Å². The minimum Gasteiger partial charge on any atom is -0.497 e. The van der Waals surface area contributed by atoms with Crippen molar-refractivity contribution in [2.75, 3.05) is 32.9 Å². The largest absolute Gasteiger partial charge is 0.497 e. The second kappa shape index (κ2) is 9.39. The number of carbonyl (C=O) groups is 1. The molecule has 1 amide bonds. The number of methoxy groups -OCH3 is 2. The SMILES string of the molecule is COc1ccc(-c2nnc(SCC(=O)N(C)C3CCC(C)CC3)n2N)c(OC)c1. The maximum atomic E-state index is 12.6. The molecule has 1 saturated carbocycles. The maximum absolute atomic E-state index is 12.6. The van der Waals surface area contributed by atoms with Crippen LogP contribution in [0.3, 0.4) is 0 Å². The molecular weight excluding hydrogens is 390 g/mol. The fourth-order valence-corrected chi connectivity index (χ4v) is 4.38. The molecule has 1 fully saturated rings. The minimum atomic E-state index is 0.0844. The molecule has 1 heterocycles. The van der Waals surface area contributed by atoms with E-state index in [1.807, 2.05) is 24.1 Å². The lowest BCUT2D eigenvalue weighted by Gasteiger charge is -2.33. The third-order valence-corrected chi connectivity index (χ3v) is 6.49. The summed E-state index contributed by atoms with van der Waals surface area (Å²) in [5, 5.41) is 8.83. The summed E-state index contributed by atoms with van der Waals surface area (Å²) in [4.78, 5) is 14.5. The Labute approximate surface area is 175 Å². The molecule has 3 rings (SSSR count). The number of benzene rings is 1. The number of rotatable bonds is 7. The Balaban J connectivity index is 1.66. The quantitative estimate of drug-likeness (QED) is 0.544. The van der Waals surface area contributed by atoms with Crippen LogP contribution in [0.15, 0.2) is 23.4 Å². The summed E-state index contributed by atoms with van der Waals surface area (Å²) in [6, 6.07) is 5.72. The zero-order valence-corrected chi connectivity index (χ0v) is 18.2. The van der Waals surface area contributed by atoms with E-state index in [1.54, 1.807) is 20.3 Å². The van der Waals surface area contributed by atoms with Crippen LogP contribution in [0.4, 0.5) is 0 Å². The molecule has 1 aromatic heterocycles. The van der Waals surface area contributed by atoms with Crippen molar-refractivity contribution < 1.29 is 14.3 Å². The predicted octanol–water partition coefficient (Wildman–Crippen LogP) is 2.81. The van der Waals surface area contributed by atoms with Gasteiger partial charge in [0.15, 0.2) is 5.82 Å². The average Bonchev–Trinajstić information content (AvgIpc) is 3.11. The molecule has 2 N–H and O–H groups in total. The summed E-state index contributed by atoms with van der Waals surface area (Å²) in [5.74, 6) is 9.05. The van der Waals surface area contributed by atoms with E-state index in [2.05, 4.69) is 17.1 Å². The van der Waals surface area contributed by atoms with Gasteiger partial charge in [-0.05, 0) is 43.7 Å². The number of thioether (sulfide) groups is 1. The molecule has 0 bridgehead atoms. The van der Waals surface area contributed by atoms with Crippen molar-refractivity contribution in [1.82, 2.24) is 19.8 Å². The van der Waals surface area contributed by atoms with Crippen molar-refractivity contribution in [3.05, 3.63) is 18.2 Å². The highest BCUT2D eigenvalue weighted by Gasteiger charge is 2.25. The van der Waals surface area contributed by atoms with Gasteiger partial charge in [0, 0.05) is 19.2 Å². The van der Waals surface area contributed by atoms with E-state index in [9.17, 15) is 4.79 Å².